The molecular weight excluding hydrogens is 781 g/mol. The fraction of sp³-hybridized carbons (Fsp3) is 0.632. The zero-order chi connectivity index (χ0) is 45.8. The Morgan fingerprint density at radius 2 is 0.714 bits per heavy atom. The lowest BCUT2D eigenvalue weighted by Gasteiger charge is -2.18. The molecule has 0 heterocycles. The van der Waals surface area contributed by atoms with Crippen LogP contribution in [0.2, 0.25) is 0 Å². The molecule has 0 aliphatic rings. The van der Waals surface area contributed by atoms with Gasteiger partial charge in [-0.05, 0) is 89.9 Å². The summed E-state index contributed by atoms with van der Waals surface area (Å²) in [5.74, 6) is -0.993. The summed E-state index contributed by atoms with van der Waals surface area (Å²) < 4.78 is 16.7. The first kappa shape index (κ1) is 59.1. The summed E-state index contributed by atoms with van der Waals surface area (Å²) >= 11 is 0. The molecule has 0 aromatic carbocycles. The summed E-state index contributed by atoms with van der Waals surface area (Å²) in [6.45, 7) is 6.34. The Bertz CT molecular complexity index is 1330. The van der Waals surface area contributed by atoms with Crippen molar-refractivity contribution in [2.24, 2.45) is 0 Å². The minimum Gasteiger partial charge on any atom is -0.462 e. The Kier molecular flexibility index (Phi) is 47.5. The van der Waals surface area contributed by atoms with Crippen molar-refractivity contribution in [2.75, 3.05) is 13.2 Å². The molecule has 63 heavy (non-hydrogen) atoms. The second kappa shape index (κ2) is 50.7. The van der Waals surface area contributed by atoms with Crippen LogP contribution in [0.4, 0.5) is 0 Å². The Balaban J connectivity index is 4.45. The second-order valence-corrected chi connectivity index (χ2v) is 16.5. The highest BCUT2D eigenvalue weighted by molar-refractivity contribution is 5.71. The first-order chi connectivity index (χ1) is 31.0. The van der Waals surface area contributed by atoms with Crippen molar-refractivity contribution in [3.8, 4) is 0 Å². The summed E-state index contributed by atoms with van der Waals surface area (Å²) in [5.41, 5.74) is 0. The van der Waals surface area contributed by atoms with Crippen LogP contribution in [0.3, 0.4) is 0 Å². The zero-order valence-electron chi connectivity index (χ0n) is 40.5. The van der Waals surface area contributed by atoms with Gasteiger partial charge < -0.3 is 14.2 Å². The van der Waals surface area contributed by atoms with Gasteiger partial charge in [-0.25, -0.2) is 0 Å². The first-order valence-electron chi connectivity index (χ1n) is 25.5. The largest absolute Gasteiger partial charge is 0.462 e. The van der Waals surface area contributed by atoms with Crippen LogP contribution < -0.4 is 0 Å². The van der Waals surface area contributed by atoms with E-state index in [1.807, 2.05) is 36.5 Å². The van der Waals surface area contributed by atoms with E-state index in [1.54, 1.807) is 0 Å². The van der Waals surface area contributed by atoms with Gasteiger partial charge in [0.05, 0.1) is 0 Å². The minimum absolute atomic E-state index is 0.110. The molecular formula is C57H92O6. The number of unbranched alkanes of at least 4 members (excludes halogenated alkanes) is 20. The molecule has 0 aliphatic carbocycles. The van der Waals surface area contributed by atoms with Crippen LogP contribution in [-0.4, -0.2) is 37.2 Å². The van der Waals surface area contributed by atoms with Gasteiger partial charge in [0.2, 0.25) is 0 Å². The molecule has 1 atom stereocenters. The maximum atomic E-state index is 12.8. The molecule has 0 rings (SSSR count). The van der Waals surface area contributed by atoms with Crippen molar-refractivity contribution >= 4 is 17.9 Å². The van der Waals surface area contributed by atoms with Gasteiger partial charge in [0.15, 0.2) is 6.10 Å². The fourth-order valence-corrected chi connectivity index (χ4v) is 6.56. The Morgan fingerprint density at radius 3 is 1.21 bits per heavy atom. The van der Waals surface area contributed by atoms with Crippen LogP contribution in [-0.2, 0) is 28.6 Å². The minimum atomic E-state index is -0.811. The van der Waals surface area contributed by atoms with Crippen molar-refractivity contribution in [3.05, 3.63) is 109 Å². The average molecular weight is 873 g/mol. The third kappa shape index (κ3) is 49.0. The standard InChI is InChI=1S/C57H92O6/c1-4-7-10-13-16-19-21-23-25-27-29-31-33-35-38-41-44-47-50-56(59)62-53-54(52-61-55(58)49-46-43-40-37-18-15-12-9-6-3)63-57(60)51-48-45-42-39-36-34-32-30-28-26-24-22-20-17-14-11-8-5-2/h9-10,12-13,16,18-19,21,23,25-32,37,54H,4-8,11,14-15,17,20,22,24,33-36,38-53H2,1-3H3/b12-9-,13-10-,19-16-,23-21-,27-25-,28-26-,31-29-,32-30-,37-18-. The maximum absolute atomic E-state index is 12.8. The summed E-state index contributed by atoms with van der Waals surface area (Å²) in [7, 11) is 0. The van der Waals surface area contributed by atoms with E-state index in [0.717, 1.165) is 116 Å². The van der Waals surface area contributed by atoms with Crippen LogP contribution >= 0.6 is 0 Å². The third-order valence-corrected chi connectivity index (χ3v) is 10.4. The highest BCUT2D eigenvalue weighted by atomic mass is 16.6. The predicted octanol–water partition coefficient (Wildman–Crippen LogP) is 16.8. The SMILES string of the molecule is CC/C=C\C/C=C\CCCCC(=O)OCC(COC(=O)CCCCCCC\C=C/C=C\C=C/C=C\C=C/CCC)OC(=O)CCCCCCC/C=C\C=C/CCCCCCCCC. The fourth-order valence-electron chi connectivity index (χ4n) is 6.56. The van der Waals surface area contributed by atoms with Gasteiger partial charge in [-0.15, -0.1) is 0 Å². The van der Waals surface area contributed by atoms with Gasteiger partial charge in [-0.3, -0.25) is 14.4 Å². The zero-order valence-corrected chi connectivity index (χ0v) is 40.5. The van der Waals surface area contributed by atoms with Gasteiger partial charge >= 0.3 is 17.9 Å². The summed E-state index contributed by atoms with van der Waals surface area (Å²) in [4.78, 5) is 37.9. The second-order valence-electron chi connectivity index (χ2n) is 16.5. The lowest BCUT2D eigenvalue weighted by Crippen LogP contribution is -2.30. The van der Waals surface area contributed by atoms with Crippen molar-refractivity contribution in [2.45, 2.75) is 219 Å². The van der Waals surface area contributed by atoms with E-state index >= 15 is 0 Å². The molecule has 0 aromatic heterocycles. The number of ether oxygens (including phenoxy) is 3. The van der Waals surface area contributed by atoms with Gasteiger partial charge in [0.1, 0.15) is 13.2 Å². The molecule has 0 saturated carbocycles. The molecule has 0 aromatic rings. The van der Waals surface area contributed by atoms with Gasteiger partial charge in [-0.1, -0.05) is 214 Å². The van der Waals surface area contributed by atoms with Crippen LogP contribution in [0.5, 0.6) is 0 Å². The summed E-state index contributed by atoms with van der Waals surface area (Å²) in [6, 6.07) is 0. The molecule has 0 saturated heterocycles. The molecule has 356 valence electrons. The van der Waals surface area contributed by atoms with E-state index in [4.69, 9.17) is 14.2 Å². The van der Waals surface area contributed by atoms with E-state index < -0.39 is 6.10 Å². The van der Waals surface area contributed by atoms with E-state index in [2.05, 4.69) is 93.7 Å². The quantitative estimate of drug-likeness (QED) is 0.0199. The van der Waals surface area contributed by atoms with Crippen LogP contribution in [0.1, 0.15) is 213 Å². The van der Waals surface area contributed by atoms with E-state index in [0.29, 0.717) is 19.3 Å². The highest BCUT2D eigenvalue weighted by Gasteiger charge is 2.19. The Hall–Kier alpha value is -3.93. The number of carbonyl (C=O) groups is 3. The van der Waals surface area contributed by atoms with E-state index in [1.165, 1.54) is 57.8 Å². The predicted molar refractivity (Wildman–Crippen MR) is 270 cm³/mol. The Labute approximate surface area is 387 Å². The van der Waals surface area contributed by atoms with Gasteiger partial charge in [-0.2, -0.15) is 0 Å². The van der Waals surface area contributed by atoms with Crippen molar-refractivity contribution < 1.29 is 28.6 Å². The maximum Gasteiger partial charge on any atom is 0.306 e. The van der Waals surface area contributed by atoms with E-state index in [9.17, 15) is 14.4 Å². The van der Waals surface area contributed by atoms with Crippen molar-refractivity contribution in [1.29, 1.82) is 0 Å². The van der Waals surface area contributed by atoms with E-state index in [-0.39, 0.29) is 31.1 Å². The number of hydrogen-bond acceptors (Lipinski definition) is 6. The molecule has 0 aliphatic heterocycles. The lowest BCUT2D eigenvalue weighted by atomic mass is 10.1. The smallest absolute Gasteiger partial charge is 0.306 e. The molecule has 0 fully saturated rings. The lowest BCUT2D eigenvalue weighted by molar-refractivity contribution is -0.167. The number of esters is 3. The number of allylic oxidation sites excluding steroid dienone is 18. The third-order valence-electron chi connectivity index (χ3n) is 10.4. The van der Waals surface area contributed by atoms with Crippen molar-refractivity contribution in [1.82, 2.24) is 0 Å². The van der Waals surface area contributed by atoms with Crippen LogP contribution in [0.15, 0.2) is 109 Å². The monoisotopic (exact) mass is 873 g/mol. The normalized spacial score (nSPS) is 13.0. The van der Waals surface area contributed by atoms with Crippen molar-refractivity contribution in [3.63, 3.8) is 0 Å². The molecule has 0 amide bonds. The van der Waals surface area contributed by atoms with Crippen LogP contribution in [0, 0.1) is 0 Å². The molecule has 0 bridgehead atoms. The molecule has 6 heteroatoms. The topological polar surface area (TPSA) is 78.9 Å². The number of hydrogen-bond donors (Lipinski definition) is 0. The highest BCUT2D eigenvalue weighted by Crippen LogP contribution is 2.13. The molecule has 1 unspecified atom stereocenters. The Morgan fingerprint density at radius 1 is 0.349 bits per heavy atom. The average Bonchev–Trinajstić information content (AvgIpc) is 3.28. The molecule has 0 N–H and O–H groups in total. The molecule has 6 nitrogen and oxygen atoms in total. The van der Waals surface area contributed by atoms with Gasteiger partial charge in [0.25, 0.3) is 0 Å². The van der Waals surface area contributed by atoms with Gasteiger partial charge in [0, 0.05) is 19.3 Å². The van der Waals surface area contributed by atoms with Crippen LogP contribution in [0.25, 0.3) is 0 Å². The number of carbonyl (C=O) groups excluding carboxylic acids is 3. The number of rotatable bonds is 44. The first-order valence-corrected chi connectivity index (χ1v) is 25.5. The molecule has 0 radical (unpaired) electrons. The summed E-state index contributed by atoms with van der Waals surface area (Å²) in [6.07, 6.45) is 67.9. The molecule has 0 spiro atoms. The summed E-state index contributed by atoms with van der Waals surface area (Å²) in [5, 5.41) is 0.